The maximum atomic E-state index is 10.9. The van der Waals surface area contributed by atoms with E-state index in [-0.39, 0.29) is 5.91 Å². The molecule has 1 heterocycles. The van der Waals surface area contributed by atoms with E-state index >= 15 is 0 Å². The molecule has 2 rings (SSSR count). The topological polar surface area (TPSA) is 41.5 Å². The van der Waals surface area contributed by atoms with Crippen molar-refractivity contribution in [3.63, 3.8) is 0 Å². The Hall–Kier alpha value is -1.16. The monoisotopic (exact) mass is 266 g/mol. The van der Waals surface area contributed by atoms with Crippen LogP contribution in [0.15, 0.2) is 27.8 Å². The van der Waals surface area contributed by atoms with Crippen molar-refractivity contribution >= 4 is 27.5 Å². The first-order chi connectivity index (χ1) is 7.16. The van der Waals surface area contributed by atoms with Crippen LogP contribution >= 0.6 is 15.9 Å². The predicted octanol–water partition coefficient (Wildman–Crippen LogP) is 2.37. The number of halogens is 1. The highest BCUT2D eigenvalue weighted by atomic mass is 79.9. The van der Waals surface area contributed by atoms with Crippen molar-refractivity contribution in [3.8, 4) is 0 Å². The average Bonchev–Trinajstić information content (AvgIpc) is 2.23. The highest BCUT2D eigenvalue weighted by molar-refractivity contribution is 9.10. The Morgan fingerprint density at radius 2 is 2.20 bits per heavy atom. The molecule has 1 amide bonds. The zero-order valence-corrected chi connectivity index (χ0v) is 9.97. The van der Waals surface area contributed by atoms with Crippen molar-refractivity contribution < 1.29 is 4.79 Å². The van der Waals surface area contributed by atoms with Crippen LogP contribution in [-0.2, 0) is 4.79 Å². The van der Waals surface area contributed by atoms with Gasteiger partial charge in [0.1, 0.15) is 0 Å². The lowest BCUT2D eigenvalue weighted by Crippen LogP contribution is -2.25. The van der Waals surface area contributed by atoms with Crippen LogP contribution in [0.25, 0.3) is 0 Å². The molecule has 0 aliphatic carbocycles. The Morgan fingerprint density at radius 3 is 2.80 bits per heavy atom. The lowest BCUT2D eigenvalue weighted by molar-refractivity contribution is -0.121. The molecule has 0 atom stereocenters. The van der Waals surface area contributed by atoms with Crippen molar-refractivity contribution in [2.45, 2.75) is 19.8 Å². The van der Waals surface area contributed by atoms with Crippen molar-refractivity contribution in [2.24, 2.45) is 5.10 Å². The number of benzene rings is 1. The van der Waals surface area contributed by atoms with E-state index in [2.05, 4.69) is 26.5 Å². The van der Waals surface area contributed by atoms with Gasteiger partial charge in [-0.3, -0.25) is 4.79 Å². The third-order valence-corrected chi connectivity index (χ3v) is 3.26. The van der Waals surface area contributed by atoms with Crippen LogP contribution < -0.4 is 5.43 Å². The van der Waals surface area contributed by atoms with Gasteiger partial charge in [-0.15, -0.1) is 0 Å². The summed E-state index contributed by atoms with van der Waals surface area (Å²) in [6.07, 6.45) is 1.23. The zero-order chi connectivity index (χ0) is 10.8. The van der Waals surface area contributed by atoms with E-state index in [0.29, 0.717) is 12.8 Å². The minimum atomic E-state index is -0.00933. The molecule has 1 N–H and O–H groups in total. The summed E-state index contributed by atoms with van der Waals surface area (Å²) in [7, 11) is 0. The number of amides is 1. The van der Waals surface area contributed by atoms with Gasteiger partial charge in [-0.2, -0.15) is 5.10 Å². The lowest BCUT2D eigenvalue weighted by Gasteiger charge is -2.12. The largest absolute Gasteiger partial charge is 0.273 e. The molecule has 1 aromatic carbocycles. The molecular weight excluding hydrogens is 256 g/mol. The summed E-state index contributed by atoms with van der Waals surface area (Å²) >= 11 is 3.48. The number of hydrogen-bond acceptors (Lipinski definition) is 2. The normalized spacial score (nSPS) is 15.9. The van der Waals surface area contributed by atoms with E-state index in [0.717, 1.165) is 15.7 Å². The maximum absolute atomic E-state index is 10.9. The van der Waals surface area contributed by atoms with Crippen molar-refractivity contribution in [2.75, 3.05) is 0 Å². The first kappa shape index (κ1) is 10.4. The lowest BCUT2D eigenvalue weighted by atomic mass is 10.0. The fourth-order valence-corrected chi connectivity index (χ4v) is 1.83. The van der Waals surface area contributed by atoms with E-state index in [9.17, 15) is 4.79 Å². The molecule has 1 aliphatic heterocycles. The predicted molar refractivity (Wildman–Crippen MR) is 62.8 cm³/mol. The number of carbonyl (C=O) groups is 1. The molecule has 0 spiro atoms. The number of hydrogen-bond donors (Lipinski definition) is 1. The van der Waals surface area contributed by atoms with Gasteiger partial charge in [-0.25, -0.2) is 5.43 Å². The third kappa shape index (κ3) is 2.26. The number of rotatable bonds is 1. The van der Waals surface area contributed by atoms with Crippen LogP contribution in [0.1, 0.15) is 24.0 Å². The quantitative estimate of drug-likeness (QED) is 0.833. The Kier molecular flexibility index (Phi) is 2.86. The number of hydrazone groups is 1. The highest BCUT2D eigenvalue weighted by Gasteiger charge is 2.13. The van der Waals surface area contributed by atoms with Gasteiger partial charge in [0.2, 0.25) is 5.91 Å². The number of carbonyl (C=O) groups excluding carboxylic acids is 1. The van der Waals surface area contributed by atoms with Crippen LogP contribution in [0.4, 0.5) is 0 Å². The van der Waals surface area contributed by atoms with Crippen LogP contribution in [0.3, 0.4) is 0 Å². The first-order valence-corrected chi connectivity index (χ1v) is 5.58. The maximum Gasteiger partial charge on any atom is 0.240 e. The number of aryl methyl sites for hydroxylation is 1. The Balaban J connectivity index is 2.30. The molecule has 15 heavy (non-hydrogen) atoms. The molecule has 0 radical (unpaired) electrons. The van der Waals surface area contributed by atoms with Gasteiger partial charge in [-0.1, -0.05) is 28.1 Å². The van der Waals surface area contributed by atoms with E-state index in [1.807, 2.05) is 25.1 Å². The smallest absolute Gasteiger partial charge is 0.240 e. The van der Waals surface area contributed by atoms with E-state index in [1.165, 1.54) is 5.56 Å². The summed E-state index contributed by atoms with van der Waals surface area (Å²) in [5.41, 5.74) is 5.69. The van der Waals surface area contributed by atoms with E-state index in [1.54, 1.807) is 0 Å². The molecule has 78 valence electrons. The Bertz CT molecular complexity index is 440. The van der Waals surface area contributed by atoms with Gasteiger partial charge in [0.25, 0.3) is 0 Å². The van der Waals surface area contributed by atoms with Gasteiger partial charge in [-0.05, 0) is 24.1 Å². The molecule has 0 saturated carbocycles. The highest BCUT2D eigenvalue weighted by Crippen LogP contribution is 2.19. The van der Waals surface area contributed by atoms with Crippen molar-refractivity contribution in [1.29, 1.82) is 0 Å². The van der Waals surface area contributed by atoms with Crippen molar-refractivity contribution in [3.05, 3.63) is 33.8 Å². The molecule has 0 bridgehead atoms. The molecule has 1 aliphatic rings. The van der Waals surface area contributed by atoms with Gasteiger partial charge in [0.05, 0.1) is 5.71 Å². The minimum Gasteiger partial charge on any atom is -0.273 e. The standard InChI is InChI=1S/C11H11BrN2O/c1-7-2-3-8(6-9(7)12)10-4-5-11(15)14-13-10/h2-3,6H,4-5H2,1H3,(H,14,15). The summed E-state index contributed by atoms with van der Waals surface area (Å²) in [5, 5.41) is 4.05. The van der Waals surface area contributed by atoms with Crippen molar-refractivity contribution in [1.82, 2.24) is 5.43 Å². The minimum absolute atomic E-state index is 0.00933. The fourth-order valence-electron chi connectivity index (χ4n) is 1.45. The average molecular weight is 267 g/mol. The van der Waals surface area contributed by atoms with Crippen LogP contribution in [0.2, 0.25) is 0 Å². The molecule has 3 nitrogen and oxygen atoms in total. The van der Waals surface area contributed by atoms with E-state index in [4.69, 9.17) is 0 Å². The first-order valence-electron chi connectivity index (χ1n) is 4.79. The van der Waals surface area contributed by atoms with Crippen LogP contribution in [0, 0.1) is 6.92 Å². The second kappa shape index (κ2) is 4.14. The molecule has 1 aromatic rings. The molecule has 0 saturated heterocycles. The zero-order valence-electron chi connectivity index (χ0n) is 8.38. The van der Waals surface area contributed by atoms with Crippen LogP contribution in [0.5, 0.6) is 0 Å². The number of nitrogens with one attached hydrogen (secondary N) is 1. The summed E-state index contributed by atoms with van der Waals surface area (Å²) in [4.78, 5) is 10.9. The third-order valence-electron chi connectivity index (χ3n) is 2.41. The van der Waals surface area contributed by atoms with E-state index < -0.39 is 0 Å². The summed E-state index contributed by atoms with van der Waals surface area (Å²) in [6, 6.07) is 6.10. The second-order valence-electron chi connectivity index (χ2n) is 3.56. The second-order valence-corrected chi connectivity index (χ2v) is 4.41. The number of nitrogens with zero attached hydrogens (tertiary/aromatic N) is 1. The summed E-state index contributed by atoms with van der Waals surface area (Å²) < 4.78 is 1.07. The summed E-state index contributed by atoms with van der Waals surface area (Å²) in [5.74, 6) is -0.00933. The molecule has 4 heteroatoms. The molecule has 0 fully saturated rings. The van der Waals surface area contributed by atoms with Gasteiger partial charge in [0.15, 0.2) is 0 Å². The van der Waals surface area contributed by atoms with Gasteiger partial charge < -0.3 is 0 Å². The van der Waals surface area contributed by atoms with Gasteiger partial charge >= 0.3 is 0 Å². The van der Waals surface area contributed by atoms with Gasteiger partial charge in [0, 0.05) is 17.3 Å². The molecular formula is C11H11BrN2O. The SMILES string of the molecule is Cc1ccc(C2=NNC(=O)CC2)cc1Br. The molecule has 0 aromatic heterocycles. The molecule has 0 unspecified atom stereocenters. The van der Waals surface area contributed by atoms with Crippen LogP contribution in [-0.4, -0.2) is 11.6 Å². The fraction of sp³-hybridized carbons (Fsp3) is 0.273. The Labute approximate surface area is 96.7 Å². The summed E-state index contributed by atoms with van der Waals surface area (Å²) in [6.45, 7) is 2.04. The Morgan fingerprint density at radius 1 is 1.40 bits per heavy atom.